The van der Waals surface area contributed by atoms with E-state index in [4.69, 9.17) is 14.2 Å². The van der Waals surface area contributed by atoms with E-state index >= 15 is 0 Å². The summed E-state index contributed by atoms with van der Waals surface area (Å²) < 4.78 is 18.0. The third-order valence-electron chi connectivity index (χ3n) is 5.56. The van der Waals surface area contributed by atoms with Crippen molar-refractivity contribution in [3.05, 3.63) is 81.8 Å². The SMILES string of the molecule is COc1ccc(COc2cc3c(cc2OC)-c2[nH]nc(-c4ccc(Br)cc4)c2C3)cc1. The molecule has 0 radical (unpaired) electrons. The number of methoxy groups -OCH3 is 2. The molecule has 0 atom stereocenters. The molecule has 0 saturated carbocycles. The van der Waals surface area contributed by atoms with Gasteiger partial charge in [0.2, 0.25) is 0 Å². The van der Waals surface area contributed by atoms with Crippen molar-refractivity contribution in [3.63, 3.8) is 0 Å². The molecule has 6 heteroatoms. The number of nitrogens with zero attached hydrogens (tertiary/aromatic N) is 1. The average Bonchev–Trinajstić information content (AvgIpc) is 3.37. The molecule has 3 aromatic carbocycles. The molecule has 0 unspecified atom stereocenters. The molecular weight excluding hydrogens is 456 g/mol. The quantitative estimate of drug-likeness (QED) is 0.326. The largest absolute Gasteiger partial charge is 0.497 e. The lowest BCUT2D eigenvalue weighted by molar-refractivity contribution is 0.284. The van der Waals surface area contributed by atoms with Gasteiger partial charge in [-0.25, -0.2) is 0 Å². The highest BCUT2D eigenvalue weighted by molar-refractivity contribution is 9.10. The minimum absolute atomic E-state index is 0.454. The van der Waals surface area contributed by atoms with Crippen LogP contribution in [-0.2, 0) is 13.0 Å². The third kappa shape index (κ3) is 3.68. The van der Waals surface area contributed by atoms with E-state index in [0.717, 1.165) is 50.5 Å². The number of aromatic amines is 1. The first-order valence-corrected chi connectivity index (χ1v) is 10.8. The summed E-state index contributed by atoms with van der Waals surface area (Å²) in [6.07, 6.45) is 0.801. The van der Waals surface area contributed by atoms with Gasteiger partial charge in [-0.15, -0.1) is 0 Å². The summed E-state index contributed by atoms with van der Waals surface area (Å²) in [6, 6.07) is 20.2. The van der Waals surface area contributed by atoms with Crippen LogP contribution in [0.3, 0.4) is 0 Å². The van der Waals surface area contributed by atoms with Crippen LogP contribution in [0.5, 0.6) is 17.2 Å². The van der Waals surface area contributed by atoms with Crippen LogP contribution in [0.1, 0.15) is 16.7 Å². The molecule has 1 aromatic heterocycles. The Morgan fingerprint density at radius 1 is 0.935 bits per heavy atom. The second kappa shape index (κ2) is 8.12. The number of fused-ring (bicyclic) bond motifs is 3. The number of halogens is 1. The molecule has 156 valence electrons. The number of hydrogen-bond acceptors (Lipinski definition) is 4. The number of rotatable bonds is 6. The van der Waals surface area contributed by atoms with E-state index in [2.05, 4.69) is 44.3 Å². The number of aromatic nitrogens is 2. The van der Waals surface area contributed by atoms with Crippen LogP contribution < -0.4 is 14.2 Å². The summed E-state index contributed by atoms with van der Waals surface area (Å²) in [5.41, 5.74) is 7.71. The highest BCUT2D eigenvalue weighted by atomic mass is 79.9. The first-order valence-electron chi connectivity index (χ1n) is 9.96. The van der Waals surface area contributed by atoms with Gasteiger partial charge in [0, 0.05) is 27.6 Å². The summed E-state index contributed by atoms with van der Waals surface area (Å²) in [5, 5.41) is 7.81. The lowest BCUT2D eigenvalue weighted by Crippen LogP contribution is -1.99. The smallest absolute Gasteiger partial charge is 0.161 e. The number of nitrogens with one attached hydrogen (secondary N) is 1. The molecule has 31 heavy (non-hydrogen) atoms. The van der Waals surface area contributed by atoms with Gasteiger partial charge in [-0.3, -0.25) is 5.10 Å². The molecule has 4 aromatic rings. The Kier molecular flexibility index (Phi) is 5.16. The van der Waals surface area contributed by atoms with Crippen molar-refractivity contribution in [1.82, 2.24) is 10.2 Å². The maximum atomic E-state index is 6.12. The van der Waals surface area contributed by atoms with Crippen molar-refractivity contribution in [1.29, 1.82) is 0 Å². The topological polar surface area (TPSA) is 56.4 Å². The Labute approximate surface area is 189 Å². The summed E-state index contributed by atoms with van der Waals surface area (Å²) >= 11 is 3.49. The highest BCUT2D eigenvalue weighted by Crippen LogP contribution is 2.45. The molecule has 0 spiro atoms. The fraction of sp³-hybridized carbons (Fsp3) is 0.160. The van der Waals surface area contributed by atoms with Crippen LogP contribution in [0.15, 0.2) is 65.1 Å². The van der Waals surface area contributed by atoms with Crippen molar-refractivity contribution in [3.8, 4) is 39.8 Å². The van der Waals surface area contributed by atoms with Gasteiger partial charge in [-0.2, -0.15) is 5.10 Å². The van der Waals surface area contributed by atoms with Gasteiger partial charge in [-0.05, 0) is 47.5 Å². The standard InChI is InChI=1S/C25H21BrN2O3/c1-29-19-9-3-15(4-10-19)14-31-23-12-17-11-21-24(16-5-7-18(26)8-6-16)27-28-25(21)20(17)13-22(23)30-2/h3-10,12-13H,11,14H2,1-2H3,(H,27,28). The molecule has 0 bridgehead atoms. The lowest BCUT2D eigenvalue weighted by Gasteiger charge is -2.13. The number of H-pyrrole nitrogens is 1. The van der Waals surface area contributed by atoms with Crippen molar-refractivity contribution < 1.29 is 14.2 Å². The van der Waals surface area contributed by atoms with E-state index in [-0.39, 0.29) is 0 Å². The van der Waals surface area contributed by atoms with E-state index in [1.165, 1.54) is 11.1 Å². The zero-order valence-electron chi connectivity index (χ0n) is 17.2. The van der Waals surface area contributed by atoms with Gasteiger partial charge in [0.05, 0.1) is 25.6 Å². The summed E-state index contributed by atoms with van der Waals surface area (Å²) in [7, 11) is 3.33. The zero-order chi connectivity index (χ0) is 21.4. The average molecular weight is 477 g/mol. The van der Waals surface area contributed by atoms with E-state index in [9.17, 15) is 0 Å². The molecule has 1 heterocycles. The molecule has 0 saturated heterocycles. The molecule has 5 nitrogen and oxygen atoms in total. The molecule has 1 N–H and O–H groups in total. The zero-order valence-corrected chi connectivity index (χ0v) is 18.8. The van der Waals surface area contributed by atoms with E-state index in [1.807, 2.05) is 42.5 Å². The molecule has 0 fully saturated rings. The summed E-state index contributed by atoms with van der Waals surface area (Å²) in [6.45, 7) is 0.454. The summed E-state index contributed by atoms with van der Waals surface area (Å²) in [5.74, 6) is 2.27. The van der Waals surface area contributed by atoms with Crippen molar-refractivity contribution in [2.24, 2.45) is 0 Å². The minimum Gasteiger partial charge on any atom is -0.497 e. The monoisotopic (exact) mass is 476 g/mol. The second-order valence-corrected chi connectivity index (χ2v) is 8.32. The van der Waals surface area contributed by atoms with Crippen molar-refractivity contribution in [2.75, 3.05) is 14.2 Å². The predicted molar refractivity (Wildman–Crippen MR) is 124 cm³/mol. The molecule has 5 rings (SSSR count). The Morgan fingerprint density at radius 3 is 2.42 bits per heavy atom. The van der Waals surface area contributed by atoms with Crippen LogP contribution in [0, 0.1) is 0 Å². The maximum Gasteiger partial charge on any atom is 0.161 e. The number of ether oxygens (including phenoxy) is 3. The highest BCUT2D eigenvalue weighted by Gasteiger charge is 2.27. The fourth-order valence-electron chi connectivity index (χ4n) is 3.93. The van der Waals surface area contributed by atoms with Gasteiger partial charge in [0.15, 0.2) is 11.5 Å². The Hall–Kier alpha value is -3.25. The fourth-order valence-corrected chi connectivity index (χ4v) is 4.20. The normalized spacial score (nSPS) is 11.7. The van der Waals surface area contributed by atoms with Gasteiger partial charge in [0.1, 0.15) is 12.4 Å². The van der Waals surface area contributed by atoms with E-state index in [0.29, 0.717) is 12.4 Å². The van der Waals surface area contributed by atoms with Gasteiger partial charge in [0.25, 0.3) is 0 Å². The lowest BCUT2D eigenvalue weighted by atomic mass is 10.1. The number of benzene rings is 3. The first kappa shape index (κ1) is 19.7. The molecular formula is C25H21BrN2O3. The Bertz CT molecular complexity index is 1230. The second-order valence-electron chi connectivity index (χ2n) is 7.41. The van der Waals surface area contributed by atoms with E-state index in [1.54, 1.807) is 14.2 Å². The molecule has 0 aliphatic heterocycles. The van der Waals surface area contributed by atoms with Gasteiger partial charge >= 0.3 is 0 Å². The first-order chi connectivity index (χ1) is 15.2. The third-order valence-corrected chi connectivity index (χ3v) is 6.09. The molecule has 1 aliphatic rings. The van der Waals surface area contributed by atoms with Crippen LogP contribution in [-0.4, -0.2) is 24.4 Å². The predicted octanol–water partition coefficient (Wildman–Crippen LogP) is 6.01. The van der Waals surface area contributed by atoms with Crippen LogP contribution >= 0.6 is 15.9 Å². The molecule has 0 amide bonds. The van der Waals surface area contributed by atoms with Crippen LogP contribution in [0.4, 0.5) is 0 Å². The number of hydrogen-bond donors (Lipinski definition) is 1. The van der Waals surface area contributed by atoms with Crippen molar-refractivity contribution >= 4 is 15.9 Å². The minimum atomic E-state index is 0.454. The molecule has 1 aliphatic carbocycles. The van der Waals surface area contributed by atoms with Gasteiger partial charge < -0.3 is 14.2 Å². The van der Waals surface area contributed by atoms with Crippen LogP contribution in [0.25, 0.3) is 22.5 Å². The summed E-state index contributed by atoms with van der Waals surface area (Å²) in [4.78, 5) is 0. The van der Waals surface area contributed by atoms with Gasteiger partial charge in [-0.1, -0.05) is 40.2 Å². The Morgan fingerprint density at radius 2 is 1.71 bits per heavy atom. The van der Waals surface area contributed by atoms with E-state index < -0.39 is 0 Å². The Balaban J connectivity index is 1.42. The van der Waals surface area contributed by atoms with Crippen LogP contribution in [0.2, 0.25) is 0 Å². The van der Waals surface area contributed by atoms with Crippen molar-refractivity contribution in [2.45, 2.75) is 13.0 Å². The maximum absolute atomic E-state index is 6.12.